The van der Waals surface area contributed by atoms with Gasteiger partial charge in [-0.25, -0.2) is 4.79 Å². The topological polar surface area (TPSA) is 103 Å². The second-order valence-electron chi connectivity index (χ2n) is 7.70. The molecule has 1 aliphatic rings. The first-order valence-electron chi connectivity index (χ1n) is 10.7. The molecule has 4 rings (SSSR count). The Morgan fingerprint density at radius 3 is 2.66 bits per heavy atom. The van der Waals surface area contributed by atoms with Gasteiger partial charge in [0.25, 0.3) is 5.91 Å². The molecule has 1 aliphatic carbocycles. The highest BCUT2D eigenvalue weighted by molar-refractivity contribution is 6.15. The van der Waals surface area contributed by atoms with Gasteiger partial charge in [-0.15, -0.1) is 5.10 Å². The number of hydrogen-bond acceptors (Lipinski definition) is 7. The lowest BCUT2D eigenvalue weighted by atomic mass is 9.94. The number of rotatable bonds is 7. The van der Waals surface area contributed by atoms with E-state index in [0.717, 1.165) is 31.2 Å². The summed E-state index contributed by atoms with van der Waals surface area (Å²) in [6.07, 6.45) is 8.36. The predicted octanol–water partition coefficient (Wildman–Crippen LogP) is 3.27. The smallest absolute Gasteiger partial charge is 0.357 e. The van der Waals surface area contributed by atoms with Crippen molar-refractivity contribution in [1.82, 2.24) is 25.1 Å². The first-order valence-corrected chi connectivity index (χ1v) is 10.7. The zero-order valence-electron chi connectivity index (χ0n) is 17.9. The summed E-state index contributed by atoms with van der Waals surface area (Å²) < 4.78 is 12.0. The van der Waals surface area contributed by atoms with Crippen LogP contribution in [0.15, 0.2) is 53.1 Å². The first kappa shape index (κ1) is 21.5. The number of tetrazole rings is 1. The molecule has 1 aromatic carbocycles. The lowest BCUT2D eigenvalue weighted by Gasteiger charge is -2.31. The molecule has 9 heteroatoms. The minimum atomic E-state index is -0.726. The number of esters is 1. The molecular formula is C23H25N5O4. The highest BCUT2D eigenvalue weighted by Crippen LogP contribution is 2.23. The summed E-state index contributed by atoms with van der Waals surface area (Å²) in [6.45, 7) is -0.357. The van der Waals surface area contributed by atoms with Gasteiger partial charge in [0.1, 0.15) is 5.76 Å². The van der Waals surface area contributed by atoms with Crippen LogP contribution >= 0.6 is 0 Å². The molecule has 1 amide bonds. The molecule has 9 nitrogen and oxygen atoms in total. The van der Waals surface area contributed by atoms with Gasteiger partial charge in [-0.2, -0.15) is 4.68 Å². The fourth-order valence-corrected chi connectivity index (χ4v) is 3.81. The van der Waals surface area contributed by atoms with E-state index in [4.69, 9.17) is 9.15 Å². The Morgan fingerprint density at radius 1 is 1.16 bits per heavy atom. The number of amides is 1. The monoisotopic (exact) mass is 435 g/mol. The third-order valence-corrected chi connectivity index (χ3v) is 5.60. The van der Waals surface area contributed by atoms with E-state index in [1.165, 1.54) is 23.4 Å². The minimum Gasteiger partial charge on any atom is -0.465 e. The minimum absolute atomic E-state index is 0.0388. The van der Waals surface area contributed by atoms with Crippen LogP contribution in [-0.4, -0.2) is 56.7 Å². The van der Waals surface area contributed by atoms with E-state index in [1.807, 2.05) is 30.3 Å². The molecule has 2 aromatic heterocycles. The number of furan rings is 1. The van der Waals surface area contributed by atoms with Gasteiger partial charge >= 0.3 is 5.97 Å². The lowest BCUT2D eigenvalue weighted by Crippen LogP contribution is -2.40. The van der Waals surface area contributed by atoms with Crippen LogP contribution in [0.5, 0.6) is 0 Å². The quantitative estimate of drug-likeness (QED) is 0.414. The molecule has 0 spiro atoms. The number of ether oxygens (including phenoxy) is 1. The van der Waals surface area contributed by atoms with Crippen LogP contribution in [0.3, 0.4) is 0 Å². The van der Waals surface area contributed by atoms with E-state index in [1.54, 1.807) is 24.1 Å². The van der Waals surface area contributed by atoms with Crippen molar-refractivity contribution in [2.45, 2.75) is 38.1 Å². The van der Waals surface area contributed by atoms with E-state index < -0.39 is 5.97 Å². The molecular weight excluding hydrogens is 410 g/mol. The van der Waals surface area contributed by atoms with Crippen LogP contribution in [0.4, 0.5) is 0 Å². The molecule has 0 aliphatic heterocycles. The van der Waals surface area contributed by atoms with Gasteiger partial charge in [-0.1, -0.05) is 49.6 Å². The van der Waals surface area contributed by atoms with Crippen LogP contribution in [-0.2, 0) is 14.3 Å². The number of hydrogen-bond donors (Lipinski definition) is 0. The summed E-state index contributed by atoms with van der Waals surface area (Å²) in [7, 11) is 1.76. The van der Waals surface area contributed by atoms with Crippen molar-refractivity contribution in [2.75, 3.05) is 13.7 Å². The standard InChI is InChI=1S/C23H25N5O4/c1-27(18-11-6-3-7-12-18)21(29)16-32-23(30)20(15-19-13-8-14-31-19)28-22(24-25-26-28)17-9-4-2-5-10-17/h2,4-5,8-10,13-15,18H,3,6-7,11-12,16H2,1H3/b20-15-. The summed E-state index contributed by atoms with van der Waals surface area (Å²) in [5.74, 6) is -0.165. The third-order valence-electron chi connectivity index (χ3n) is 5.60. The molecule has 0 N–H and O–H groups in total. The zero-order chi connectivity index (χ0) is 22.3. The summed E-state index contributed by atoms with van der Waals surface area (Å²) in [6, 6.07) is 12.8. The number of benzene rings is 1. The fourth-order valence-electron chi connectivity index (χ4n) is 3.81. The van der Waals surface area contributed by atoms with Crippen LogP contribution in [0.1, 0.15) is 37.9 Å². The first-order chi connectivity index (χ1) is 15.6. The molecule has 0 unspecified atom stereocenters. The zero-order valence-corrected chi connectivity index (χ0v) is 17.9. The summed E-state index contributed by atoms with van der Waals surface area (Å²) in [5, 5.41) is 11.8. The van der Waals surface area contributed by atoms with Crippen LogP contribution in [0.2, 0.25) is 0 Å². The molecule has 0 bridgehead atoms. The Bertz CT molecular complexity index is 1070. The van der Waals surface area contributed by atoms with Crippen LogP contribution < -0.4 is 0 Å². The Hall–Kier alpha value is -3.75. The van der Waals surface area contributed by atoms with E-state index in [0.29, 0.717) is 11.6 Å². The van der Waals surface area contributed by atoms with Crippen molar-refractivity contribution in [3.05, 3.63) is 54.5 Å². The maximum atomic E-state index is 13.0. The van der Waals surface area contributed by atoms with Crippen molar-refractivity contribution in [2.24, 2.45) is 0 Å². The largest absolute Gasteiger partial charge is 0.465 e. The Kier molecular flexibility index (Phi) is 6.74. The highest BCUT2D eigenvalue weighted by Gasteiger charge is 2.25. The number of likely N-dealkylation sites (N-methyl/N-ethyl adjacent to an activating group) is 1. The normalized spacial score (nSPS) is 14.8. The molecule has 3 aromatic rings. The van der Waals surface area contributed by atoms with E-state index >= 15 is 0 Å². The molecule has 0 atom stereocenters. The van der Waals surface area contributed by atoms with Gasteiger partial charge in [0, 0.05) is 24.7 Å². The van der Waals surface area contributed by atoms with Crippen molar-refractivity contribution in [3.8, 4) is 11.4 Å². The van der Waals surface area contributed by atoms with E-state index in [9.17, 15) is 9.59 Å². The van der Waals surface area contributed by atoms with Crippen molar-refractivity contribution >= 4 is 23.6 Å². The van der Waals surface area contributed by atoms with Gasteiger partial charge in [0.15, 0.2) is 18.1 Å². The van der Waals surface area contributed by atoms with Gasteiger partial charge in [0.05, 0.1) is 6.26 Å². The molecule has 2 heterocycles. The van der Waals surface area contributed by atoms with Crippen LogP contribution in [0.25, 0.3) is 23.2 Å². The van der Waals surface area contributed by atoms with Gasteiger partial charge in [-0.05, 0) is 35.4 Å². The number of nitrogens with zero attached hydrogens (tertiary/aromatic N) is 5. The number of carbonyl (C=O) groups excluding carboxylic acids is 2. The summed E-state index contributed by atoms with van der Waals surface area (Å²) >= 11 is 0. The third kappa shape index (κ3) is 4.93. The van der Waals surface area contributed by atoms with Gasteiger partial charge < -0.3 is 14.1 Å². The van der Waals surface area contributed by atoms with Crippen LogP contribution in [0, 0.1) is 0 Å². The molecule has 1 saturated carbocycles. The Morgan fingerprint density at radius 2 is 1.94 bits per heavy atom. The maximum absolute atomic E-state index is 13.0. The van der Waals surface area contributed by atoms with Crippen molar-refractivity contribution in [1.29, 1.82) is 0 Å². The molecule has 0 radical (unpaired) electrons. The SMILES string of the molecule is CN(C(=O)COC(=O)/C(=C/c1ccco1)n1nnnc1-c1ccccc1)C1CCCCC1. The van der Waals surface area contributed by atoms with Crippen molar-refractivity contribution in [3.63, 3.8) is 0 Å². The number of aromatic nitrogens is 4. The second-order valence-corrected chi connectivity index (χ2v) is 7.70. The highest BCUT2D eigenvalue weighted by atomic mass is 16.5. The number of carbonyl (C=O) groups is 2. The molecule has 0 saturated heterocycles. The Labute approximate surface area is 185 Å². The molecule has 1 fully saturated rings. The fraction of sp³-hybridized carbons (Fsp3) is 0.348. The lowest BCUT2D eigenvalue weighted by molar-refractivity contribution is -0.148. The van der Waals surface area contributed by atoms with Gasteiger partial charge in [-0.3, -0.25) is 4.79 Å². The average Bonchev–Trinajstić information content (AvgIpc) is 3.53. The molecule has 32 heavy (non-hydrogen) atoms. The predicted molar refractivity (Wildman–Crippen MR) is 117 cm³/mol. The van der Waals surface area contributed by atoms with E-state index in [2.05, 4.69) is 15.5 Å². The molecule has 166 valence electrons. The summed E-state index contributed by atoms with van der Waals surface area (Å²) in [4.78, 5) is 27.3. The van der Waals surface area contributed by atoms with Gasteiger partial charge in [0.2, 0.25) is 0 Å². The average molecular weight is 435 g/mol. The van der Waals surface area contributed by atoms with Crippen molar-refractivity contribution < 1.29 is 18.7 Å². The maximum Gasteiger partial charge on any atom is 0.357 e. The summed E-state index contributed by atoms with van der Waals surface area (Å²) in [5.41, 5.74) is 0.765. The Balaban J connectivity index is 1.54. The van der Waals surface area contributed by atoms with E-state index in [-0.39, 0.29) is 24.3 Å². The second kappa shape index (κ2) is 10.0.